The van der Waals surface area contributed by atoms with Crippen molar-refractivity contribution in [1.82, 2.24) is 0 Å². The Morgan fingerprint density at radius 1 is 1.36 bits per heavy atom. The van der Waals surface area contributed by atoms with Gasteiger partial charge in [-0.1, -0.05) is 30.4 Å². The van der Waals surface area contributed by atoms with Gasteiger partial charge in [-0.05, 0) is 24.5 Å². The molecule has 0 amide bonds. The largest absolute Gasteiger partial charge is 0.478 e. The monoisotopic (exact) mass is 188 g/mol. The summed E-state index contributed by atoms with van der Waals surface area (Å²) in [7, 11) is 0. The number of allylic oxidation sites excluding steroid dienone is 2. The van der Waals surface area contributed by atoms with Gasteiger partial charge < -0.3 is 5.11 Å². The number of aromatic carboxylic acids is 1. The SMILES string of the molecule is O=C(O)c1ccccc1C1C=CCC1. The van der Waals surface area contributed by atoms with Crippen LogP contribution >= 0.6 is 0 Å². The normalized spacial score (nSPS) is 19.9. The number of hydrogen-bond donors (Lipinski definition) is 1. The molecule has 0 aliphatic heterocycles. The summed E-state index contributed by atoms with van der Waals surface area (Å²) in [6.45, 7) is 0. The zero-order valence-corrected chi connectivity index (χ0v) is 7.81. The van der Waals surface area contributed by atoms with E-state index in [2.05, 4.69) is 12.2 Å². The zero-order chi connectivity index (χ0) is 9.97. The minimum Gasteiger partial charge on any atom is -0.478 e. The van der Waals surface area contributed by atoms with Crippen LogP contribution in [0.25, 0.3) is 0 Å². The Bertz CT molecular complexity index is 380. The van der Waals surface area contributed by atoms with Crippen molar-refractivity contribution in [3.63, 3.8) is 0 Å². The van der Waals surface area contributed by atoms with Gasteiger partial charge >= 0.3 is 5.97 Å². The van der Waals surface area contributed by atoms with Gasteiger partial charge in [-0.3, -0.25) is 0 Å². The quantitative estimate of drug-likeness (QED) is 0.724. The molecule has 0 saturated carbocycles. The van der Waals surface area contributed by atoms with E-state index in [4.69, 9.17) is 5.11 Å². The topological polar surface area (TPSA) is 37.3 Å². The van der Waals surface area contributed by atoms with Crippen molar-refractivity contribution in [2.24, 2.45) is 0 Å². The first-order valence-electron chi connectivity index (χ1n) is 4.78. The molecular formula is C12H12O2. The fourth-order valence-electron chi connectivity index (χ4n) is 1.91. The van der Waals surface area contributed by atoms with Gasteiger partial charge in [-0.15, -0.1) is 0 Å². The van der Waals surface area contributed by atoms with Crippen LogP contribution in [-0.4, -0.2) is 11.1 Å². The molecule has 2 rings (SSSR count). The minimum atomic E-state index is -0.832. The molecule has 14 heavy (non-hydrogen) atoms. The molecule has 1 aliphatic rings. The summed E-state index contributed by atoms with van der Waals surface area (Å²) in [6, 6.07) is 7.24. The molecule has 1 N–H and O–H groups in total. The summed E-state index contributed by atoms with van der Waals surface area (Å²) in [4.78, 5) is 11.0. The first-order valence-corrected chi connectivity index (χ1v) is 4.78. The summed E-state index contributed by atoms with van der Waals surface area (Å²) in [5, 5.41) is 9.00. The third-order valence-corrected chi connectivity index (χ3v) is 2.60. The van der Waals surface area contributed by atoms with Crippen molar-refractivity contribution >= 4 is 5.97 Å². The number of carbonyl (C=O) groups is 1. The molecule has 0 spiro atoms. The molecule has 0 fully saturated rings. The number of carboxylic acids is 1. The smallest absolute Gasteiger partial charge is 0.335 e. The van der Waals surface area contributed by atoms with Crippen LogP contribution in [0.1, 0.15) is 34.7 Å². The van der Waals surface area contributed by atoms with Crippen LogP contribution in [0, 0.1) is 0 Å². The van der Waals surface area contributed by atoms with E-state index < -0.39 is 5.97 Å². The van der Waals surface area contributed by atoms with Crippen molar-refractivity contribution in [2.75, 3.05) is 0 Å². The third kappa shape index (κ3) is 1.55. The fraction of sp³-hybridized carbons (Fsp3) is 0.250. The van der Waals surface area contributed by atoms with Gasteiger partial charge in [0.25, 0.3) is 0 Å². The molecular weight excluding hydrogens is 176 g/mol. The Morgan fingerprint density at radius 3 is 2.79 bits per heavy atom. The molecule has 1 atom stereocenters. The lowest BCUT2D eigenvalue weighted by molar-refractivity contribution is 0.0695. The van der Waals surface area contributed by atoms with Crippen molar-refractivity contribution in [3.05, 3.63) is 47.5 Å². The maximum atomic E-state index is 11.0. The lowest BCUT2D eigenvalue weighted by Crippen LogP contribution is -2.04. The highest BCUT2D eigenvalue weighted by atomic mass is 16.4. The van der Waals surface area contributed by atoms with Gasteiger partial charge in [0.05, 0.1) is 5.56 Å². The van der Waals surface area contributed by atoms with Crippen LogP contribution < -0.4 is 0 Å². The third-order valence-electron chi connectivity index (χ3n) is 2.60. The Hall–Kier alpha value is -1.57. The van der Waals surface area contributed by atoms with Crippen molar-refractivity contribution in [2.45, 2.75) is 18.8 Å². The highest BCUT2D eigenvalue weighted by Gasteiger charge is 2.17. The lowest BCUT2D eigenvalue weighted by atomic mass is 9.94. The van der Waals surface area contributed by atoms with Crippen LogP contribution in [0.3, 0.4) is 0 Å². The van der Waals surface area contributed by atoms with Crippen LogP contribution in [-0.2, 0) is 0 Å². The minimum absolute atomic E-state index is 0.294. The number of benzene rings is 1. The van der Waals surface area contributed by atoms with Gasteiger partial charge in [-0.2, -0.15) is 0 Å². The first kappa shape index (κ1) is 9.00. The summed E-state index contributed by atoms with van der Waals surface area (Å²) in [6.07, 6.45) is 6.30. The molecule has 0 saturated heterocycles. The average molecular weight is 188 g/mol. The average Bonchev–Trinajstić information content (AvgIpc) is 2.70. The summed E-state index contributed by atoms with van der Waals surface area (Å²) >= 11 is 0. The van der Waals surface area contributed by atoms with Gasteiger partial charge in [-0.25, -0.2) is 4.79 Å². The molecule has 1 aliphatic carbocycles. The standard InChI is InChI=1S/C12H12O2/c13-12(14)11-8-4-3-7-10(11)9-5-1-2-6-9/h1,3-5,7-9H,2,6H2,(H,13,14). The predicted molar refractivity (Wildman–Crippen MR) is 54.5 cm³/mol. The second-order valence-corrected chi connectivity index (χ2v) is 3.50. The molecule has 0 radical (unpaired) electrons. The highest BCUT2D eigenvalue weighted by molar-refractivity contribution is 5.89. The van der Waals surface area contributed by atoms with Crippen LogP contribution in [0.5, 0.6) is 0 Å². The number of hydrogen-bond acceptors (Lipinski definition) is 1. The lowest BCUT2D eigenvalue weighted by Gasteiger charge is -2.10. The molecule has 0 bridgehead atoms. The van der Waals surface area contributed by atoms with Crippen molar-refractivity contribution in [1.29, 1.82) is 0 Å². The van der Waals surface area contributed by atoms with Crippen molar-refractivity contribution < 1.29 is 9.90 Å². The highest BCUT2D eigenvalue weighted by Crippen LogP contribution is 2.30. The maximum Gasteiger partial charge on any atom is 0.335 e. The van der Waals surface area contributed by atoms with E-state index in [1.807, 2.05) is 12.1 Å². The van der Waals surface area contributed by atoms with Gasteiger partial charge in [0, 0.05) is 5.92 Å². The van der Waals surface area contributed by atoms with Crippen LogP contribution in [0.15, 0.2) is 36.4 Å². The van der Waals surface area contributed by atoms with E-state index in [1.54, 1.807) is 12.1 Å². The van der Waals surface area contributed by atoms with Gasteiger partial charge in [0.2, 0.25) is 0 Å². The Balaban J connectivity index is 2.40. The fourth-order valence-corrected chi connectivity index (χ4v) is 1.91. The molecule has 1 unspecified atom stereocenters. The van der Waals surface area contributed by atoms with E-state index in [-0.39, 0.29) is 0 Å². The summed E-state index contributed by atoms with van der Waals surface area (Å²) < 4.78 is 0. The van der Waals surface area contributed by atoms with E-state index >= 15 is 0 Å². The van der Waals surface area contributed by atoms with Crippen LogP contribution in [0.2, 0.25) is 0 Å². The number of rotatable bonds is 2. The molecule has 2 nitrogen and oxygen atoms in total. The molecule has 1 aromatic rings. The van der Waals surface area contributed by atoms with E-state index in [0.29, 0.717) is 11.5 Å². The maximum absolute atomic E-state index is 11.0. The summed E-state index contributed by atoms with van der Waals surface area (Å²) in [5.74, 6) is -0.539. The van der Waals surface area contributed by atoms with Crippen LogP contribution in [0.4, 0.5) is 0 Å². The molecule has 1 aromatic carbocycles. The first-order chi connectivity index (χ1) is 6.79. The molecule has 2 heteroatoms. The van der Waals surface area contributed by atoms with Crippen molar-refractivity contribution in [3.8, 4) is 0 Å². The second-order valence-electron chi connectivity index (χ2n) is 3.50. The zero-order valence-electron chi connectivity index (χ0n) is 7.81. The molecule has 0 aromatic heterocycles. The number of carboxylic acid groups (broad SMARTS) is 1. The van der Waals surface area contributed by atoms with Gasteiger partial charge in [0.15, 0.2) is 0 Å². The Labute approximate surface area is 82.9 Å². The Morgan fingerprint density at radius 2 is 2.14 bits per heavy atom. The Kier molecular flexibility index (Phi) is 2.35. The second kappa shape index (κ2) is 3.66. The molecule has 72 valence electrons. The summed E-state index contributed by atoms with van der Waals surface area (Å²) in [5.41, 5.74) is 1.37. The van der Waals surface area contributed by atoms with Gasteiger partial charge in [0.1, 0.15) is 0 Å². The van der Waals surface area contributed by atoms with E-state index in [1.165, 1.54) is 0 Å². The predicted octanol–water partition coefficient (Wildman–Crippen LogP) is 2.82. The van der Waals surface area contributed by atoms with E-state index in [9.17, 15) is 4.79 Å². The molecule has 0 heterocycles. The van der Waals surface area contributed by atoms with E-state index in [0.717, 1.165) is 18.4 Å².